The summed E-state index contributed by atoms with van der Waals surface area (Å²) in [6.07, 6.45) is 2.13. The second-order valence-electron chi connectivity index (χ2n) is 5.88. The molecule has 6 heteroatoms. The van der Waals surface area contributed by atoms with E-state index in [9.17, 15) is 9.18 Å². The molecule has 0 atom stereocenters. The summed E-state index contributed by atoms with van der Waals surface area (Å²) in [6.45, 7) is 1.72. The number of halogens is 1. The van der Waals surface area contributed by atoms with E-state index in [1.54, 1.807) is 24.3 Å². The third-order valence-electron chi connectivity index (χ3n) is 4.29. The van der Waals surface area contributed by atoms with E-state index in [0.29, 0.717) is 22.7 Å². The van der Waals surface area contributed by atoms with Crippen molar-refractivity contribution in [1.29, 1.82) is 0 Å². The molecule has 1 aliphatic rings. The van der Waals surface area contributed by atoms with Crippen LogP contribution in [0.15, 0.2) is 36.4 Å². The van der Waals surface area contributed by atoms with Gasteiger partial charge in [-0.05, 0) is 37.1 Å². The van der Waals surface area contributed by atoms with Crippen molar-refractivity contribution in [2.24, 2.45) is 0 Å². The predicted octanol–water partition coefficient (Wildman–Crippen LogP) is 3.70. The van der Waals surface area contributed by atoms with Crippen LogP contribution < -0.4 is 19.7 Å². The van der Waals surface area contributed by atoms with E-state index in [1.165, 1.54) is 20.3 Å². The first-order chi connectivity index (χ1) is 12.1. The Hall–Kier alpha value is -2.76. The second-order valence-corrected chi connectivity index (χ2v) is 5.88. The molecule has 1 N–H and O–H groups in total. The van der Waals surface area contributed by atoms with Crippen LogP contribution in [0.3, 0.4) is 0 Å². The third-order valence-corrected chi connectivity index (χ3v) is 4.29. The van der Waals surface area contributed by atoms with Crippen molar-refractivity contribution in [3.63, 3.8) is 0 Å². The molecule has 25 heavy (non-hydrogen) atoms. The molecule has 0 aliphatic carbocycles. The molecule has 3 rings (SSSR count). The van der Waals surface area contributed by atoms with Crippen molar-refractivity contribution in [3.05, 3.63) is 47.8 Å². The van der Waals surface area contributed by atoms with Crippen LogP contribution in [-0.4, -0.2) is 33.2 Å². The Morgan fingerprint density at radius 1 is 1.08 bits per heavy atom. The average molecular weight is 344 g/mol. The number of nitrogens with zero attached hydrogens (tertiary/aromatic N) is 1. The van der Waals surface area contributed by atoms with E-state index in [4.69, 9.17) is 9.47 Å². The van der Waals surface area contributed by atoms with Crippen molar-refractivity contribution < 1.29 is 18.7 Å². The largest absolute Gasteiger partial charge is 0.497 e. The molecule has 1 saturated heterocycles. The lowest BCUT2D eigenvalue weighted by molar-refractivity contribution is 0.102. The van der Waals surface area contributed by atoms with E-state index < -0.39 is 11.7 Å². The lowest BCUT2D eigenvalue weighted by Crippen LogP contribution is -2.22. The highest BCUT2D eigenvalue weighted by molar-refractivity contribution is 6.06. The first-order valence-corrected chi connectivity index (χ1v) is 8.20. The summed E-state index contributed by atoms with van der Waals surface area (Å²) in [4.78, 5) is 14.8. The van der Waals surface area contributed by atoms with Crippen LogP contribution in [0, 0.1) is 5.82 Å². The molecule has 0 bridgehead atoms. The van der Waals surface area contributed by atoms with Crippen LogP contribution in [0.4, 0.5) is 15.8 Å². The molecule has 2 aromatic rings. The summed E-state index contributed by atoms with van der Waals surface area (Å²) in [6, 6.07) is 9.70. The Kier molecular flexibility index (Phi) is 5.07. The first-order valence-electron chi connectivity index (χ1n) is 8.20. The van der Waals surface area contributed by atoms with E-state index >= 15 is 0 Å². The number of ether oxygens (including phenoxy) is 2. The van der Waals surface area contributed by atoms with Gasteiger partial charge in [0, 0.05) is 24.7 Å². The van der Waals surface area contributed by atoms with Crippen molar-refractivity contribution in [2.75, 3.05) is 37.5 Å². The van der Waals surface area contributed by atoms with Gasteiger partial charge in [-0.1, -0.05) is 6.07 Å². The van der Waals surface area contributed by atoms with Gasteiger partial charge in [0.1, 0.15) is 23.0 Å². The van der Waals surface area contributed by atoms with Crippen molar-refractivity contribution in [1.82, 2.24) is 0 Å². The number of nitrogens with one attached hydrogen (secondary N) is 1. The average Bonchev–Trinajstić information content (AvgIpc) is 3.17. The number of hydrogen-bond donors (Lipinski definition) is 1. The number of carbonyl (C=O) groups excluding carboxylic acids is 1. The number of amides is 1. The molecule has 1 aliphatic heterocycles. The molecule has 0 radical (unpaired) electrons. The molecule has 0 saturated carbocycles. The Morgan fingerprint density at radius 3 is 2.32 bits per heavy atom. The molecule has 132 valence electrons. The van der Waals surface area contributed by atoms with Gasteiger partial charge in [0.05, 0.1) is 19.9 Å². The lowest BCUT2D eigenvalue weighted by atomic mass is 10.1. The van der Waals surface area contributed by atoms with Crippen molar-refractivity contribution in [3.8, 4) is 11.5 Å². The first kappa shape index (κ1) is 17.1. The van der Waals surface area contributed by atoms with E-state index in [0.717, 1.165) is 25.9 Å². The molecule has 0 aromatic heterocycles. The normalized spacial score (nSPS) is 13.6. The maximum atomic E-state index is 14.4. The van der Waals surface area contributed by atoms with E-state index in [-0.39, 0.29) is 5.69 Å². The number of hydrogen-bond acceptors (Lipinski definition) is 4. The maximum Gasteiger partial charge on any atom is 0.256 e. The standard InChI is InChI=1S/C19H21FN2O3/c1-24-14-10-13(11-15(12-14)25-2)19(23)21-18-16(20)6-5-7-17(18)22-8-3-4-9-22/h5-7,10-12H,3-4,8-9H2,1-2H3,(H,21,23). The lowest BCUT2D eigenvalue weighted by Gasteiger charge is -2.22. The maximum absolute atomic E-state index is 14.4. The fraction of sp³-hybridized carbons (Fsp3) is 0.316. The number of methoxy groups -OCH3 is 2. The number of para-hydroxylation sites is 1. The number of benzene rings is 2. The third kappa shape index (κ3) is 3.68. The Labute approximate surface area is 146 Å². The molecule has 0 unspecified atom stereocenters. The van der Waals surface area contributed by atoms with E-state index in [2.05, 4.69) is 10.2 Å². The minimum absolute atomic E-state index is 0.205. The van der Waals surface area contributed by atoms with Crippen molar-refractivity contribution >= 4 is 17.3 Å². The smallest absolute Gasteiger partial charge is 0.256 e. The zero-order valence-electron chi connectivity index (χ0n) is 14.3. The summed E-state index contributed by atoms with van der Waals surface area (Å²) in [7, 11) is 3.03. The molecule has 1 fully saturated rings. The van der Waals surface area contributed by atoms with Crippen LogP contribution in [0.2, 0.25) is 0 Å². The molecular weight excluding hydrogens is 323 g/mol. The topological polar surface area (TPSA) is 50.8 Å². The van der Waals surface area contributed by atoms with Gasteiger partial charge in [-0.25, -0.2) is 4.39 Å². The van der Waals surface area contributed by atoms with Gasteiger partial charge in [-0.3, -0.25) is 4.79 Å². The highest BCUT2D eigenvalue weighted by atomic mass is 19.1. The monoisotopic (exact) mass is 344 g/mol. The van der Waals surface area contributed by atoms with Gasteiger partial charge in [-0.2, -0.15) is 0 Å². The Balaban J connectivity index is 1.91. The zero-order chi connectivity index (χ0) is 17.8. The molecule has 1 amide bonds. The fourth-order valence-corrected chi connectivity index (χ4v) is 2.98. The quantitative estimate of drug-likeness (QED) is 0.899. The summed E-state index contributed by atoms with van der Waals surface area (Å²) in [5.74, 6) is 0.131. The Morgan fingerprint density at radius 2 is 1.72 bits per heavy atom. The van der Waals surface area contributed by atoms with Gasteiger partial charge < -0.3 is 19.7 Å². The van der Waals surface area contributed by atoms with Gasteiger partial charge in [0.25, 0.3) is 5.91 Å². The van der Waals surface area contributed by atoms with Gasteiger partial charge in [-0.15, -0.1) is 0 Å². The summed E-state index contributed by atoms with van der Waals surface area (Å²) in [5.41, 5.74) is 1.25. The van der Waals surface area contributed by atoms with Gasteiger partial charge >= 0.3 is 0 Å². The minimum Gasteiger partial charge on any atom is -0.497 e. The SMILES string of the molecule is COc1cc(OC)cc(C(=O)Nc2c(F)cccc2N2CCCC2)c1. The summed E-state index contributed by atoms with van der Waals surface area (Å²) in [5, 5.41) is 2.71. The van der Waals surface area contributed by atoms with Crippen LogP contribution in [-0.2, 0) is 0 Å². The number of carbonyl (C=O) groups is 1. The molecule has 0 spiro atoms. The predicted molar refractivity (Wildman–Crippen MR) is 95.3 cm³/mol. The van der Waals surface area contributed by atoms with Crippen LogP contribution in [0.25, 0.3) is 0 Å². The van der Waals surface area contributed by atoms with Crippen LogP contribution >= 0.6 is 0 Å². The molecule has 5 nitrogen and oxygen atoms in total. The highest BCUT2D eigenvalue weighted by Crippen LogP contribution is 2.32. The van der Waals surface area contributed by atoms with E-state index in [1.807, 2.05) is 6.07 Å². The van der Waals surface area contributed by atoms with Crippen molar-refractivity contribution in [2.45, 2.75) is 12.8 Å². The molecular formula is C19H21FN2O3. The summed E-state index contributed by atoms with van der Waals surface area (Å²) >= 11 is 0. The van der Waals surface area contributed by atoms with Crippen LogP contribution in [0.5, 0.6) is 11.5 Å². The highest BCUT2D eigenvalue weighted by Gasteiger charge is 2.20. The number of rotatable bonds is 5. The van der Waals surface area contributed by atoms with Gasteiger partial charge in [0.2, 0.25) is 0 Å². The second kappa shape index (κ2) is 7.42. The number of anilines is 2. The zero-order valence-corrected chi connectivity index (χ0v) is 14.3. The summed E-state index contributed by atoms with van der Waals surface area (Å²) < 4.78 is 24.7. The molecule has 2 aromatic carbocycles. The van der Waals surface area contributed by atoms with Crippen LogP contribution in [0.1, 0.15) is 23.2 Å². The fourth-order valence-electron chi connectivity index (χ4n) is 2.98. The van der Waals surface area contributed by atoms with Gasteiger partial charge in [0.15, 0.2) is 0 Å². The Bertz CT molecular complexity index is 751. The minimum atomic E-state index is -0.451. The molecule has 1 heterocycles.